The fraction of sp³-hybridized carbons (Fsp3) is 0.154. The molecule has 0 unspecified atom stereocenters. The summed E-state index contributed by atoms with van der Waals surface area (Å²) in [4.78, 5) is 26.6. The summed E-state index contributed by atoms with van der Waals surface area (Å²) in [6.45, 7) is 1.37. The smallest absolute Gasteiger partial charge is 0.231 e. The number of amides is 1. The third-order valence-electron chi connectivity index (χ3n) is 2.35. The molecule has 2 aromatic rings. The monoisotopic (exact) mass is 262 g/mol. The van der Waals surface area contributed by atoms with Gasteiger partial charge in [0.2, 0.25) is 5.91 Å². The number of nitrogens with zero attached hydrogens (tertiary/aromatic N) is 1. The summed E-state index contributed by atoms with van der Waals surface area (Å²) in [5.74, 6) is -0.552. The Labute approximate surface area is 109 Å². The quantitative estimate of drug-likeness (QED) is 0.866. The fourth-order valence-corrected chi connectivity index (χ4v) is 1.90. The Morgan fingerprint density at radius 2 is 2.17 bits per heavy atom. The molecular weight excluding hydrogens is 252 g/mol. The third-order valence-corrected chi connectivity index (χ3v) is 2.57. The van der Waals surface area contributed by atoms with Crippen LogP contribution in [0.1, 0.15) is 13.3 Å². The van der Waals surface area contributed by atoms with Gasteiger partial charge < -0.3 is 5.32 Å². The van der Waals surface area contributed by atoms with Gasteiger partial charge in [-0.1, -0.05) is 17.7 Å². The summed E-state index contributed by atoms with van der Waals surface area (Å²) in [5, 5.41) is 3.99. The first-order valence-electron chi connectivity index (χ1n) is 5.40. The lowest BCUT2D eigenvalue weighted by atomic mass is 10.2. The first-order chi connectivity index (χ1) is 8.56. The summed E-state index contributed by atoms with van der Waals surface area (Å²) >= 11 is 5.97. The Bertz CT molecular complexity index is 625. The summed E-state index contributed by atoms with van der Waals surface area (Å²) < 4.78 is 0. The molecule has 18 heavy (non-hydrogen) atoms. The molecule has 1 amide bonds. The lowest BCUT2D eigenvalue weighted by Gasteiger charge is -2.08. The van der Waals surface area contributed by atoms with Crippen LogP contribution in [0.4, 0.5) is 5.69 Å². The minimum absolute atomic E-state index is 0.152. The molecule has 1 aromatic heterocycles. The number of Topliss-reactive ketones (excluding diaryl/α,β-unsaturated/α-hetero) is 1. The van der Waals surface area contributed by atoms with E-state index in [4.69, 9.17) is 11.6 Å². The zero-order valence-corrected chi connectivity index (χ0v) is 10.5. The largest absolute Gasteiger partial charge is 0.324 e. The number of fused-ring (bicyclic) bond motifs is 1. The van der Waals surface area contributed by atoms with Crippen LogP contribution in [0.15, 0.2) is 30.5 Å². The average Bonchev–Trinajstić information content (AvgIpc) is 2.27. The second-order valence-corrected chi connectivity index (χ2v) is 4.39. The van der Waals surface area contributed by atoms with Gasteiger partial charge >= 0.3 is 0 Å². The van der Waals surface area contributed by atoms with E-state index < -0.39 is 0 Å². The molecule has 0 bridgehead atoms. The highest BCUT2D eigenvalue weighted by atomic mass is 35.5. The fourth-order valence-electron chi connectivity index (χ4n) is 1.67. The van der Waals surface area contributed by atoms with Crippen LogP contribution >= 0.6 is 11.6 Å². The van der Waals surface area contributed by atoms with E-state index in [0.29, 0.717) is 16.2 Å². The van der Waals surface area contributed by atoms with E-state index in [-0.39, 0.29) is 18.1 Å². The standard InChI is InChI=1S/C13H11ClN2O2/c1-8(17)5-12(18)16-11-7-10(14)6-9-3-2-4-15-13(9)11/h2-4,6-7H,5H2,1H3,(H,16,18). The van der Waals surface area contributed by atoms with Crippen LogP contribution in [-0.2, 0) is 9.59 Å². The number of nitrogens with one attached hydrogen (secondary N) is 1. The molecule has 0 spiro atoms. The molecule has 0 aliphatic rings. The van der Waals surface area contributed by atoms with Crippen LogP contribution in [0, 0.1) is 0 Å². The lowest BCUT2D eigenvalue weighted by molar-refractivity contribution is -0.124. The molecular formula is C13H11ClN2O2. The number of aromatic nitrogens is 1. The van der Waals surface area contributed by atoms with Crippen molar-refractivity contribution in [2.75, 3.05) is 5.32 Å². The number of carbonyl (C=O) groups excluding carboxylic acids is 2. The van der Waals surface area contributed by atoms with Crippen molar-refractivity contribution in [3.63, 3.8) is 0 Å². The van der Waals surface area contributed by atoms with Crippen LogP contribution < -0.4 is 5.32 Å². The van der Waals surface area contributed by atoms with Crippen LogP contribution in [0.3, 0.4) is 0 Å². The van der Waals surface area contributed by atoms with Gasteiger partial charge in [0.25, 0.3) is 0 Å². The maximum atomic E-state index is 11.6. The Morgan fingerprint density at radius 1 is 1.39 bits per heavy atom. The SMILES string of the molecule is CC(=O)CC(=O)Nc1cc(Cl)cc2cccnc12. The summed E-state index contributed by atoms with van der Waals surface area (Å²) in [6, 6.07) is 7.04. The van der Waals surface area contributed by atoms with Gasteiger partial charge in [-0.3, -0.25) is 14.6 Å². The van der Waals surface area contributed by atoms with Crippen LogP contribution in [-0.4, -0.2) is 16.7 Å². The Hall–Kier alpha value is -1.94. The zero-order chi connectivity index (χ0) is 13.1. The van der Waals surface area contributed by atoms with Crippen molar-refractivity contribution >= 4 is 39.9 Å². The molecule has 92 valence electrons. The summed E-state index contributed by atoms with van der Waals surface area (Å²) in [7, 11) is 0. The molecule has 0 radical (unpaired) electrons. The van der Waals surface area contributed by atoms with Gasteiger partial charge in [0, 0.05) is 16.6 Å². The van der Waals surface area contributed by atoms with Crippen molar-refractivity contribution < 1.29 is 9.59 Å². The van der Waals surface area contributed by atoms with Crippen molar-refractivity contribution in [3.8, 4) is 0 Å². The van der Waals surface area contributed by atoms with E-state index in [2.05, 4.69) is 10.3 Å². The van der Waals surface area contributed by atoms with Gasteiger partial charge in [0.05, 0.1) is 17.6 Å². The van der Waals surface area contributed by atoms with Crippen molar-refractivity contribution in [1.29, 1.82) is 0 Å². The predicted octanol–water partition coefficient (Wildman–Crippen LogP) is 2.81. The molecule has 4 nitrogen and oxygen atoms in total. The molecule has 1 heterocycles. The number of carbonyl (C=O) groups is 2. The number of anilines is 1. The minimum atomic E-state index is -0.364. The van der Waals surface area contributed by atoms with E-state index in [1.165, 1.54) is 6.92 Å². The number of rotatable bonds is 3. The highest BCUT2D eigenvalue weighted by molar-refractivity contribution is 6.32. The molecule has 0 saturated heterocycles. The van der Waals surface area contributed by atoms with Crippen molar-refractivity contribution in [2.24, 2.45) is 0 Å². The van der Waals surface area contributed by atoms with Gasteiger partial charge in [-0.15, -0.1) is 0 Å². The molecule has 0 saturated carbocycles. The van der Waals surface area contributed by atoms with Crippen LogP contribution in [0.25, 0.3) is 10.9 Å². The number of benzene rings is 1. The predicted molar refractivity (Wildman–Crippen MR) is 70.7 cm³/mol. The van der Waals surface area contributed by atoms with Crippen LogP contribution in [0.5, 0.6) is 0 Å². The second kappa shape index (κ2) is 5.14. The molecule has 0 aliphatic heterocycles. The molecule has 0 atom stereocenters. The van der Waals surface area contributed by atoms with Crippen LogP contribution in [0.2, 0.25) is 5.02 Å². The van der Waals surface area contributed by atoms with Gasteiger partial charge in [-0.25, -0.2) is 0 Å². The van der Waals surface area contributed by atoms with Crippen molar-refractivity contribution in [2.45, 2.75) is 13.3 Å². The molecule has 5 heteroatoms. The number of hydrogen-bond acceptors (Lipinski definition) is 3. The topological polar surface area (TPSA) is 59.1 Å². The molecule has 2 rings (SSSR count). The number of pyridine rings is 1. The highest BCUT2D eigenvalue weighted by Gasteiger charge is 2.09. The minimum Gasteiger partial charge on any atom is -0.324 e. The first kappa shape index (κ1) is 12.5. The van der Waals surface area contributed by atoms with E-state index in [0.717, 1.165) is 5.39 Å². The second-order valence-electron chi connectivity index (χ2n) is 3.96. The molecule has 0 aliphatic carbocycles. The maximum Gasteiger partial charge on any atom is 0.231 e. The van der Waals surface area contributed by atoms with E-state index >= 15 is 0 Å². The molecule has 1 N–H and O–H groups in total. The Morgan fingerprint density at radius 3 is 2.89 bits per heavy atom. The van der Waals surface area contributed by atoms with Gasteiger partial charge in [0.15, 0.2) is 0 Å². The van der Waals surface area contributed by atoms with Crippen molar-refractivity contribution in [1.82, 2.24) is 4.98 Å². The zero-order valence-electron chi connectivity index (χ0n) is 9.74. The highest BCUT2D eigenvalue weighted by Crippen LogP contribution is 2.26. The maximum absolute atomic E-state index is 11.6. The Balaban J connectivity index is 2.38. The molecule has 1 aromatic carbocycles. The van der Waals surface area contributed by atoms with Gasteiger partial charge in [0.1, 0.15) is 5.78 Å². The van der Waals surface area contributed by atoms with Crippen molar-refractivity contribution in [3.05, 3.63) is 35.5 Å². The summed E-state index contributed by atoms with van der Waals surface area (Å²) in [5.41, 5.74) is 1.17. The van der Waals surface area contributed by atoms with E-state index in [1.807, 2.05) is 6.07 Å². The van der Waals surface area contributed by atoms with E-state index in [1.54, 1.807) is 24.4 Å². The summed E-state index contributed by atoms with van der Waals surface area (Å²) in [6.07, 6.45) is 1.48. The van der Waals surface area contributed by atoms with Gasteiger partial charge in [-0.2, -0.15) is 0 Å². The number of ketones is 1. The normalized spacial score (nSPS) is 10.3. The third kappa shape index (κ3) is 2.84. The van der Waals surface area contributed by atoms with E-state index in [9.17, 15) is 9.59 Å². The molecule has 0 fully saturated rings. The first-order valence-corrected chi connectivity index (χ1v) is 5.77. The van der Waals surface area contributed by atoms with Gasteiger partial charge in [-0.05, 0) is 25.1 Å². The number of halogens is 1. The number of hydrogen-bond donors (Lipinski definition) is 1. The Kier molecular flexibility index (Phi) is 3.58. The average molecular weight is 263 g/mol. The lowest BCUT2D eigenvalue weighted by Crippen LogP contribution is -2.15.